The molecule has 2 aliphatic rings. The van der Waals surface area contributed by atoms with Crippen LogP contribution in [0.5, 0.6) is 11.5 Å². The number of nitrogens with one attached hydrogen (secondary N) is 1. The maximum atomic E-state index is 11.6. The van der Waals surface area contributed by atoms with Crippen LogP contribution in [0.25, 0.3) is 0 Å². The van der Waals surface area contributed by atoms with Gasteiger partial charge in [0.2, 0.25) is 0 Å². The molecule has 7 nitrogen and oxygen atoms in total. The van der Waals surface area contributed by atoms with E-state index in [1.807, 2.05) is 5.32 Å². The summed E-state index contributed by atoms with van der Waals surface area (Å²) in [5.74, 6) is -0.828. The van der Waals surface area contributed by atoms with Crippen LogP contribution in [0, 0.1) is 0 Å². The van der Waals surface area contributed by atoms with Gasteiger partial charge in [0.25, 0.3) is 0 Å². The molecule has 0 aliphatic carbocycles. The van der Waals surface area contributed by atoms with E-state index in [2.05, 4.69) is 0 Å². The monoisotopic (exact) mass is 262 g/mol. The number of rotatable bonds is 1. The van der Waals surface area contributed by atoms with Gasteiger partial charge in [0.1, 0.15) is 0 Å². The molecular weight excluding hydrogens is 252 g/mol. The van der Waals surface area contributed by atoms with Crippen LogP contribution < -0.4 is 19.7 Å². The highest BCUT2D eigenvalue weighted by Crippen LogP contribution is 2.34. The molecule has 1 N–H and O–H groups in total. The van der Waals surface area contributed by atoms with Gasteiger partial charge in [-0.15, -0.1) is 0 Å². The van der Waals surface area contributed by atoms with Gasteiger partial charge >= 0.3 is 17.8 Å². The highest BCUT2D eigenvalue weighted by Gasteiger charge is 2.38. The highest BCUT2D eigenvalue weighted by molar-refractivity contribution is 6.53. The van der Waals surface area contributed by atoms with Gasteiger partial charge in [-0.05, 0) is 12.1 Å². The normalized spacial score (nSPS) is 18.3. The average Bonchev–Trinajstić information content (AvgIpc) is 2.59. The number of hydrogen-bond donors (Lipinski definition) is 1. The Hall–Kier alpha value is -2.57. The van der Waals surface area contributed by atoms with E-state index in [1.165, 1.54) is 12.1 Å². The van der Waals surface area contributed by atoms with Crippen molar-refractivity contribution >= 4 is 23.5 Å². The molecule has 7 heteroatoms. The van der Waals surface area contributed by atoms with Crippen molar-refractivity contribution in [3.8, 4) is 11.5 Å². The van der Waals surface area contributed by atoms with Crippen LogP contribution in [0.2, 0.25) is 0 Å². The minimum Gasteiger partial charge on any atom is -0.490 e. The van der Waals surface area contributed by atoms with Crippen LogP contribution in [-0.2, 0) is 9.59 Å². The lowest BCUT2D eigenvalue weighted by Gasteiger charge is -2.14. The molecule has 2 aliphatic heterocycles. The van der Waals surface area contributed by atoms with Gasteiger partial charge in [-0.1, -0.05) is 0 Å². The molecule has 0 aromatic heterocycles. The van der Waals surface area contributed by atoms with Crippen LogP contribution in [0.4, 0.5) is 10.5 Å². The van der Waals surface area contributed by atoms with E-state index in [-0.39, 0.29) is 5.69 Å². The number of anilines is 1. The second-order valence-corrected chi connectivity index (χ2v) is 4.08. The van der Waals surface area contributed by atoms with Crippen molar-refractivity contribution in [3.05, 3.63) is 18.2 Å². The molecule has 1 aromatic rings. The molecule has 0 bridgehead atoms. The Morgan fingerprint density at radius 3 is 2.47 bits per heavy atom. The number of amides is 4. The van der Waals surface area contributed by atoms with Gasteiger partial charge in [-0.3, -0.25) is 14.9 Å². The number of ether oxygens (including phenoxy) is 2. The van der Waals surface area contributed by atoms with Crippen molar-refractivity contribution in [3.63, 3.8) is 0 Å². The first-order valence-electron chi connectivity index (χ1n) is 5.76. The quantitative estimate of drug-likeness (QED) is 0.586. The van der Waals surface area contributed by atoms with Gasteiger partial charge in [0.05, 0.1) is 18.9 Å². The third-order valence-corrected chi connectivity index (χ3v) is 2.81. The molecule has 3 rings (SSSR count). The van der Waals surface area contributed by atoms with Gasteiger partial charge in [-0.2, -0.15) is 0 Å². The molecule has 0 spiro atoms. The standard InChI is InChI=1S/C12H10N2O5/c15-10-11(16)14(12(17)13-10)7-2-3-8-9(6-7)19-5-1-4-18-8/h2-3,6H,1,4-5H2,(H,13,15,17). The molecule has 0 saturated carbocycles. The molecule has 4 amide bonds. The first-order valence-corrected chi connectivity index (χ1v) is 5.76. The SMILES string of the molecule is O=C1NC(=O)N(c2ccc3c(c2)OCCCO3)C1=O. The molecule has 0 unspecified atom stereocenters. The van der Waals surface area contributed by atoms with E-state index in [9.17, 15) is 14.4 Å². The van der Waals surface area contributed by atoms with E-state index in [4.69, 9.17) is 9.47 Å². The fourth-order valence-corrected chi connectivity index (χ4v) is 1.93. The lowest BCUT2D eigenvalue weighted by molar-refractivity contribution is -0.134. The summed E-state index contributed by atoms with van der Waals surface area (Å²) in [4.78, 5) is 35.0. The predicted molar refractivity (Wildman–Crippen MR) is 63.1 cm³/mol. The van der Waals surface area contributed by atoms with Crippen molar-refractivity contribution in [1.82, 2.24) is 5.32 Å². The minimum atomic E-state index is -0.933. The molecule has 2 heterocycles. The number of urea groups is 1. The van der Waals surface area contributed by atoms with Crippen molar-refractivity contribution in [2.75, 3.05) is 18.1 Å². The highest BCUT2D eigenvalue weighted by atomic mass is 16.5. The van der Waals surface area contributed by atoms with Gasteiger partial charge in [-0.25, -0.2) is 9.69 Å². The molecule has 1 fully saturated rings. The molecule has 0 radical (unpaired) electrons. The van der Waals surface area contributed by atoms with E-state index in [0.29, 0.717) is 24.7 Å². The Labute approximate surface area is 108 Å². The Kier molecular flexibility index (Phi) is 2.59. The van der Waals surface area contributed by atoms with E-state index >= 15 is 0 Å². The zero-order valence-electron chi connectivity index (χ0n) is 9.84. The summed E-state index contributed by atoms with van der Waals surface area (Å²) >= 11 is 0. The zero-order valence-corrected chi connectivity index (χ0v) is 9.84. The summed E-state index contributed by atoms with van der Waals surface area (Å²) in [6, 6.07) is 3.89. The Balaban J connectivity index is 1.98. The molecule has 0 atom stereocenters. The van der Waals surface area contributed by atoms with Crippen LogP contribution in [-0.4, -0.2) is 31.1 Å². The summed E-state index contributed by atoms with van der Waals surface area (Å²) in [6.45, 7) is 1.05. The number of nitrogens with zero attached hydrogens (tertiary/aromatic N) is 1. The topological polar surface area (TPSA) is 84.9 Å². The number of carbonyl (C=O) groups is 3. The summed E-state index contributed by atoms with van der Waals surface area (Å²) < 4.78 is 10.9. The van der Waals surface area contributed by atoms with Gasteiger partial charge in [0.15, 0.2) is 11.5 Å². The first kappa shape index (κ1) is 11.5. The lowest BCUT2D eigenvalue weighted by atomic mass is 10.2. The largest absolute Gasteiger partial charge is 0.490 e. The second kappa shape index (κ2) is 4.27. The second-order valence-electron chi connectivity index (χ2n) is 4.08. The number of benzene rings is 1. The Morgan fingerprint density at radius 1 is 1.05 bits per heavy atom. The number of imide groups is 2. The van der Waals surface area contributed by atoms with Crippen molar-refractivity contribution in [2.45, 2.75) is 6.42 Å². The van der Waals surface area contributed by atoms with Crippen LogP contribution in [0.15, 0.2) is 18.2 Å². The maximum absolute atomic E-state index is 11.6. The smallest absolute Gasteiger partial charge is 0.336 e. The van der Waals surface area contributed by atoms with E-state index < -0.39 is 17.8 Å². The number of carbonyl (C=O) groups excluding carboxylic acids is 3. The summed E-state index contributed by atoms with van der Waals surface area (Å²) in [5, 5.41) is 1.93. The van der Waals surface area contributed by atoms with Crippen LogP contribution in [0.1, 0.15) is 6.42 Å². The molecule has 98 valence electrons. The Bertz CT molecular complexity index is 583. The lowest BCUT2D eigenvalue weighted by Crippen LogP contribution is -2.30. The van der Waals surface area contributed by atoms with Crippen molar-refractivity contribution in [2.24, 2.45) is 0 Å². The zero-order chi connectivity index (χ0) is 13.4. The minimum absolute atomic E-state index is 0.276. The summed E-state index contributed by atoms with van der Waals surface area (Å²) in [6.07, 6.45) is 0.756. The molecule has 1 saturated heterocycles. The third kappa shape index (κ3) is 1.88. The van der Waals surface area contributed by atoms with Gasteiger partial charge < -0.3 is 9.47 Å². The van der Waals surface area contributed by atoms with Crippen LogP contribution >= 0.6 is 0 Å². The summed E-state index contributed by atoms with van der Waals surface area (Å²) in [7, 11) is 0. The number of fused-ring (bicyclic) bond motifs is 1. The van der Waals surface area contributed by atoms with Crippen molar-refractivity contribution in [1.29, 1.82) is 0 Å². The Morgan fingerprint density at radius 2 is 1.79 bits per heavy atom. The molecule has 19 heavy (non-hydrogen) atoms. The van der Waals surface area contributed by atoms with Crippen molar-refractivity contribution < 1.29 is 23.9 Å². The first-order chi connectivity index (χ1) is 9.16. The molecular formula is C12H10N2O5. The molecule has 1 aromatic carbocycles. The maximum Gasteiger partial charge on any atom is 0.336 e. The van der Waals surface area contributed by atoms with Crippen LogP contribution in [0.3, 0.4) is 0 Å². The predicted octanol–water partition coefficient (Wildman–Crippen LogP) is 0.431. The third-order valence-electron chi connectivity index (χ3n) is 2.81. The number of hydrogen-bond acceptors (Lipinski definition) is 5. The van der Waals surface area contributed by atoms with Gasteiger partial charge in [0, 0.05) is 12.5 Å². The fourth-order valence-electron chi connectivity index (χ4n) is 1.93. The van der Waals surface area contributed by atoms with E-state index in [1.54, 1.807) is 6.07 Å². The average molecular weight is 262 g/mol. The summed E-state index contributed by atoms with van der Waals surface area (Å²) in [5.41, 5.74) is 0.276. The fraction of sp³-hybridized carbons (Fsp3) is 0.250. The van der Waals surface area contributed by atoms with E-state index in [0.717, 1.165) is 11.3 Å².